The van der Waals surface area contributed by atoms with E-state index in [9.17, 15) is 0 Å². The Morgan fingerprint density at radius 3 is 2.12 bits per heavy atom. The third-order valence-corrected chi connectivity index (χ3v) is 3.48. The molecular formula is C14H32N2O. The van der Waals surface area contributed by atoms with E-state index >= 15 is 0 Å². The van der Waals surface area contributed by atoms with Crippen LogP contribution < -0.4 is 11.1 Å². The van der Waals surface area contributed by atoms with Gasteiger partial charge in [0.2, 0.25) is 0 Å². The van der Waals surface area contributed by atoms with E-state index in [-0.39, 0.29) is 0 Å². The van der Waals surface area contributed by atoms with Crippen LogP contribution in [0, 0.1) is 17.8 Å². The van der Waals surface area contributed by atoms with Gasteiger partial charge in [0.1, 0.15) is 0 Å². The molecule has 0 rings (SSSR count). The Hall–Kier alpha value is -0.120. The van der Waals surface area contributed by atoms with Crippen LogP contribution in [0.4, 0.5) is 0 Å². The molecule has 0 aromatic heterocycles. The summed E-state index contributed by atoms with van der Waals surface area (Å²) in [5.41, 5.74) is 5.56. The fourth-order valence-corrected chi connectivity index (χ4v) is 2.35. The maximum absolute atomic E-state index is 5.56. The molecule has 3 heteroatoms. The first-order valence-electron chi connectivity index (χ1n) is 6.95. The van der Waals surface area contributed by atoms with Crippen LogP contribution in [0.1, 0.15) is 40.5 Å². The average molecular weight is 244 g/mol. The molecule has 0 saturated heterocycles. The highest BCUT2D eigenvalue weighted by molar-refractivity contribution is 4.74. The number of nitrogens with one attached hydrogen (secondary N) is 1. The van der Waals surface area contributed by atoms with Crippen molar-refractivity contribution in [3.63, 3.8) is 0 Å². The summed E-state index contributed by atoms with van der Waals surface area (Å²) in [6.07, 6.45) is 2.17. The lowest BCUT2D eigenvalue weighted by Gasteiger charge is -2.28. The van der Waals surface area contributed by atoms with E-state index in [1.807, 2.05) is 0 Å². The molecule has 0 saturated carbocycles. The van der Waals surface area contributed by atoms with Crippen molar-refractivity contribution in [2.24, 2.45) is 23.5 Å². The van der Waals surface area contributed by atoms with E-state index in [2.05, 4.69) is 33.0 Å². The summed E-state index contributed by atoms with van der Waals surface area (Å²) in [5.74, 6) is 2.17. The van der Waals surface area contributed by atoms with Crippen molar-refractivity contribution >= 4 is 0 Å². The monoisotopic (exact) mass is 244 g/mol. The molecule has 3 nitrogen and oxygen atoms in total. The number of hydrogen-bond donors (Lipinski definition) is 2. The molecule has 0 heterocycles. The quantitative estimate of drug-likeness (QED) is 0.620. The molecule has 0 aliphatic rings. The summed E-state index contributed by atoms with van der Waals surface area (Å²) in [6.45, 7) is 11.8. The molecule has 0 radical (unpaired) electrons. The van der Waals surface area contributed by atoms with E-state index in [4.69, 9.17) is 10.5 Å². The predicted molar refractivity (Wildman–Crippen MR) is 75.1 cm³/mol. The molecule has 0 aliphatic carbocycles. The van der Waals surface area contributed by atoms with Crippen molar-refractivity contribution < 1.29 is 4.74 Å². The Bertz CT molecular complexity index is 164. The Balaban J connectivity index is 4.06. The third kappa shape index (κ3) is 7.74. The summed E-state index contributed by atoms with van der Waals surface area (Å²) in [4.78, 5) is 0. The zero-order valence-corrected chi connectivity index (χ0v) is 12.3. The van der Waals surface area contributed by atoms with Gasteiger partial charge in [-0.3, -0.25) is 0 Å². The predicted octanol–water partition coefficient (Wildman–Crippen LogP) is 2.26. The zero-order valence-electron chi connectivity index (χ0n) is 12.3. The van der Waals surface area contributed by atoms with Crippen LogP contribution in [-0.4, -0.2) is 32.8 Å². The van der Waals surface area contributed by atoms with E-state index in [0.29, 0.717) is 6.04 Å². The number of nitrogens with two attached hydrogens (primary N) is 1. The Morgan fingerprint density at radius 1 is 1.12 bits per heavy atom. The number of hydrogen-bond acceptors (Lipinski definition) is 3. The van der Waals surface area contributed by atoms with Crippen molar-refractivity contribution in [2.75, 3.05) is 26.8 Å². The SMILES string of the molecule is COCC(CCCN)NCC(C(C)C)C(C)C. The highest BCUT2D eigenvalue weighted by atomic mass is 16.5. The van der Waals surface area contributed by atoms with Crippen molar-refractivity contribution in [1.82, 2.24) is 5.32 Å². The topological polar surface area (TPSA) is 47.3 Å². The minimum absolute atomic E-state index is 0.448. The lowest BCUT2D eigenvalue weighted by atomic mass is 9.85. The first kappa shape index (κ1) is 16.9. The standard InChI is InChI=1S/C14H32N2O/c1-11(2)14(12(3)4)9-16-13(10-17-5)7-6-8-15/h11-14,16H,6-10,15H2,1-5H3. The van der Waals surface area contributed by atoms with Gasteiger partial charge in [0.25, 0.3) is 0 Å². The zero-order chi connectivity index (χ0) is 13.3. The summed E-state index contributed by atoms with van der Waals surface area (Å²) in [7, 11) is 1.76. The molecule has 0 aliphatic heterocycles. The van der Waals surface area contributed by atoms with Gasteiger partial charge in [-0.1, -0.05) is 27.7 Å². The maximum atomic E-state index is 5.56. The van der Waals surface area contributed by atoms with E-state index in [1.54, 1.807) is 7.11 Å². The van der Waals surface area contributed by atoms with Crippen molar-refractivity contribution in [3.8, 4) is 0 Å². The molecule has 104 valence electrons. The second-order valence-corrected chi connectivity index (χ2v) is 5.64. The summed E-state index contributed by atoms with van der Waals surface area (Å²) in [6, 6.07) is 0.448. The van der Waals surface area contributed by atoms with Crippen LogP contribution in [0.15, 0.2) is 0 Å². The molecule has 0 fully saturated rings. The summed E-state index contributed by atoms with van der Waals surface area (Å²) in [5, 5.41) is 3.64. The fourth-order valence-electron chi connectivity index (χ4n) is 2.35. The van der Waals surface area contributed by atoms with E-state index < -0.39 is 0 Å². The third-order valence-electron chi connectivity index (χ3n) is 3.48. The first-order chi connectivity index (χ1) is 8.02. The molecule has 1 unspecified atom stereocenters. The van der Waals surface area contributed by atoms with Crippen LogP contribution in [0.3, 0.4) is 0 Å². The molecule has 0 bridgehead atoms. The van der Waals surface area contributed by atoms with Crippen LogP contribution in [-0.2, 0) is 4.74 Å². The normalized spacial score (nSPS) is 13.9. The Labute approximate surface area is 107 Å². The van der Waals surface area contributed by atoms with Gasteiger partial charge in [0.15, 0.2) is 0 Å². The van der Waals surface area contributed by atoms with Gasteiger partial charge in [-0.2, -0.15) is 0 Å². The molecule has 0 amide bonds. The van der Waals surface area contributed by atoms with Crippen LogP contribution in [0.2, 0.25) is 0 Å². The minimum atomic E-state index is 0.448. The van der Waals surface area contributed by atoms with Crippen molar-refractivity contribution in [2.45, 2.75) is 46.6 Å². The molecule has 17 heavy (non-hydrogen) atoms. The highest BCUT2D eigenvalue weighted by Crippen LogP contribution is 2.19. The smallest absolute Gasteiger partial charge is 0.0615 e. The first-order valence-corrected chi connectivity index (χ1v) is 6.95. The van der Waals surface area contributed by atoms with Gasteiger partial charge in [-0.05, 0) is 43.7 Å². The lowest BCUT2D eigenvalue weighted by molar-refractivity contribution is 0.152. The highest BCUT2D eigenvalue weighted by Gasteiger charge is 2.18. The Morgan fingerprint density at radius 2 is 1.71 bits per heavy atom. The average Bonchev–Trinajstić information content (AvgIpc) is 2.24. The van der Waals surface area contributed by atoms with Crippen LogP contribution in [0.25, 0.3) is 0 Å². The number of methoxy groups -OCH3 is 1. The molecule has 0 spiro atoms. The van der Waals surface area contributed by atoms with Crippen molar-refractivity contribution in [3.05, 3.63) is 0 Å². The maximum Gasteiger partial charge on any atom is 0.0615 e. The lowest BCUT2D eigenvalue weighted by Crippen LogP contribution is -2.39. The van der Waals surface area contributed by atoms with Gasteiger partial charge >= 0.3 is 0 Å². The minimum Gasteiger partial charge on any atom is -0.383 e. The van der Waals surface area contributed by atoms with Gasteiger partial charge < -0.3 is 15.8 Å². The van der Waals surface area contributed by atoms with Gasteiger partial charge in [-0.25, -0.2) is 0 Å². The summed E-state index contributed by atoms with van der Waals surface area (Å²) >= 11 is 0. The summed E-state index contributed by atoms with van der Waals surface area (Å²) < 4.78 is 5.25. The largest absolute Gasteiger partial charge is 0.383 e. The second kappa shape index (κ2) is 9.86. The Kier molecular flexibility index (Phi) is 9.79. The van der Waals surface area contributed by atoms with Crippen LogP contribution >= 0.6 is 0 Å². The molecular weight excluding hydrogens is 212 g/mol. The molecule has 1 atom stereocenters. The molecule has 3 N–H and O–H groups in total. The van der Waals surface area contributed by atoms with E-state index in [1.165, 1.54) is 0 Å². The number of rotatable bonds is 10. The number of ether oxygens (including phenoxy) is 1. The van der Waals surface area contributed by atoms with Gasteiger partial charge in [0.05, 0.1) is 6.61 Å². The van der Waals surface area contributed by atoms with Gasteiger partial charge in [0, 0.05) is 13.2 Å². The molecule has 0 aromatic rings. The molecule has 0 aromatic carbocycles. The van der Waals surface area contributed by atoms with Gasteiger partial charge in [-0.15, -0.1) is 0 Å². The van der Waals surface area contributed by atoms with E-state index in [0.717, 1.165) is 50.3 Å². The van der Waals surface area contributed by atoms with Crippen molar-refractivity contribution in [1.29, 1.82) is 0 Å². The fraction of sp³-hybridized carbons (Fsp3) is 1.00. The second-order valence-electron chi connectivity index (χ2n) is 5.64. The van der Waals surface area contributed by atoms with Crippen LogP contribution in [0.5, 0.6) is 0 Å².